The Morgan fingerprint density at radius 1 is 1.30 bits per heavy atom. The lowest BCUT2D eigenvalue weighted by molar-refractivity contribution is 0.0857. The summed E-state index contributed by atoms with van der Waals surface area (Å²) in [5, 5.41) is 6.11. The van der Waals surface area contributed by atoms with Gasteiger partial charge in [0.15, 0.2) is 0 Å². The van der Waals surface area contributed by atoms with Crippen molar-refractivity contribution in [2.24, 2.45) is 0 Å². The maximum Gasteiger partial charge on any atom is 0.407 e. The second-order valence-electron chi connectivity index (χ2n) is 5.04. The number of nitrogens with one attached hydrogen (secondary N) is 2. The van der Waals surface area contributed by atoms with E-state index in [1.54, 1.807) is 7.11 Å². The van der Waals surface area contributed by atoms with Gasteiger partial charge in [0.25, 0.3) is 0 Å². The fraction of sp³-hybridized carbons (Fsp3) is 0.533. The van der Waals surface area contributed by atoms with Crippen molar-refractivity contribution in [1.29, 1.82) is 0 Å². The number of benzene rings is 1. The molecule has 0 radical (unpaired) electrons. The van der Waals surface area contributed by atoms with Crippen molar-refractivity contribution in [2.45, 2.75) is 37.6 Å². The van der Waals surface area contributed by atoms with Crippen LogP contribution in [0, 0.1) is 0 Å². The number of hydrogen-bond acceptors (Lipinski definition) is 4. The molecule has 20 heavy (non-hydrogen) atoms. The van der Waals surface area contributed by atoms with Gasteiger partial charge in [-0.05, 0) is 25.5 Å². The van der Waals surface area contributed by atoms with Gasteiger partial charge in [-0.3, -0.25) is 0 Å². The minimum Gasteiger partial charge on any atom is -0.445 e. The number of carbonyl (C=O) groups is 1. The van der Waals surface area contributed by atoms with E-state index >= 15 is 0 Å². The van der Waals surface area contributed by atoms with Crippen molar-refractivity contribution in [3.05, 3.63) is 35.9 Å². The third-order valence-corrected chi connectivity index (χ3v) is 3.71. The molecule has 2 rings (SSSR count). The number of alkyl carbamates (subject to hydrolysis) is 1. The molecule has 1 aromatic carbocycles. The van der Waals surface area contributed by atoms with Crippen LogP contribution in [0.2, 0.25) is 0 Å². The number of amides is 1. The molecular weight excluding hydrogens is 256 g/mol. The molecule has 5 nitrogen and oxygen atoms in total. The lowest BCUT2D eigenvalue weighted by Crippen LogP contribution is -2.35. The molecule has 110 valence electrons. The van der Waals surface area contributed by atoms with E-state index in [4.69, 9.17) is 9.47 Å². The number of ether oxygens (including phenoxy) is 2. The molecule has 0 saturated heterocycles. The van der Waals surface area contributed by atoms with Gasteiger partial charge in [0, 0.05) is 19.2 Å². The fourth-order valence-electron chi connectivity index (χ4n) is 2.61. The Morgan fingerprint density at radius 2 is 2.05 bits per heavy atom. The third kappa shape index (κ3) is 3.95. The molecule has 5 heteroatoms. The van der Waals surface area contributed by atoms with E-state index in [2.05, 4.69) is 10.6 Å². The van der Waals surface area contributed by atoms with Crippen LogP contribution in [0.3, 0.4) is 0 Å². The first kappa shape index (κ1) is 14.8. The smallest absolute Gasteiger partial charge is 0.407 e. The third-order valence-electron chi connectivity index (χ3n) is 3.71. The maximum absolute atomic E-state index is 11.8. The summed E-state index contributed by atoms with van der Waals surface area (Å²) in [7, 11) is 3.61. The molecule has 1 saturated carbocycles. The van der Waals surface area contributed by atoms with Crippen LogP contribution in [0.4, 0.5) is 4.79 Å². The Hall–Kier alpha value is -1.59. The van der Waals surface area contributed by atoms with Crippen LogP contribution >= 0.6 is 0 Å². The highest BCUT2D eigenvalue weighted by Crippen LogP contribution is 2.22. The highest BCUT2D eigenvalue weighted by atomic mass is 16.5. The van der Waals surface area contributed by atoms with Gasteiger partial charge >= 0.3 is 6.09 Å². The first-order valence-corrected chi connectivity index (χ1v) is 6.90. The SMILES string of the molecule is CN[C@H]1C[C@@H](NC(=O)OCc2ccccc2)C[C@H]1OC. The lowest BCUT2D eigenvalue weighted by Gasteiger charge is -2.15. The van der Waals surface area contributed by atoms with Gasteiger partial charge in [0.1, 0.15) is 6.61 Å². The van der Waals surface area contributed by atoms with Crippen molar-refractivity contribution >= 4 is 6.09 Å². The molecule has 0 aliphatic heterocycles. The summed E-state index contributed by atoms with van der Waals surface area (Å²) >= 11 is 0. The second-order valence-corrected chi connectivity index (χ2v) is 5.04. The first-order chi connectivity index (χ1) is 9.72. The van der Waals surface area contributed by atoms with Crippen LogP contribution in [0.25, 0.3) is 0 Å². The quantitative estimate of drug-likeness (QED) is 0.860. The molecule has 0 unspecified atom stereocenters. The van der Waals surface area contributed by atoms with Crippen LogP contribution < -0.4 is 10.6 Å². The topological polar surface area (TPSA) is 59.6 Å². The van der Waals surface area contributed by atoms with E-state index in [0.29, 0.717) is 6.61 Å². The number of carbonyl (C=O) groups excluding carboxylic acids is 1. The van der Waals surface area contributed by atoms with Gasteiger partial charge in [0.2, 0.25) is 0 Å². The molecule has 1 aromatic rings. The van der Waals surface area contributed by atoms with Crippen LogP contribution in [-0.2, 0) is 16.1 Å². The van der Waals surface area contributed by atoms with Crippen LogP contribution in [0.15, 0.2) is 30.3 Å². The van der Waals surface area contributed by atoms with Gasteiger partial charge in [-0.1, -0.05) is 30.3 Å². The molecule has 1 aliphatic carbocycles. The van der Waals surface area contributed by atoms with Crippen molar-refractivity contribution in [3.63, 3.8) is 0 Å². The Kier molecular flexibility index (Phi) is 5.38. The second kappa shape index (κ2) is 7.26. The molecule has 0 bridgehead atoms. The average Bonchev–Trinajstić information content (AvgIpc) is 2.88. The highest BCUT2D eigenvalue weighted by molar-refractivity contribution is 5.67. The van der Waals surface area contributed by atoms with Crippen LogP contribution in [0.5, 0.6) is 0 Å². The summed E-state index contributed by atoms with van der Waals surface area (Å²) in [6.45, 7) is 0.294. The minimum atomic E-state index is -0.370. The lowest BCUT2D eigenvalue weighted by atomic mass is 10.2. The summed E-state index contributed by atoms with van der Waals surface area (Å²) in [6, 6.07) is 10.0. The zero-order valence-corrected chi connectivity index (χ0v) is 12.0. The van der Waals surface area contributed by atoms with Crippen molar-refractivity contribution in [1.82, 2.24) is 10.6 Å². The zero-order valence-electron chi connectivity index (χ0n) is 12.0. The number of hydrogen-bond donors (Lipinski definition) is 2. The predicted octanol–water partition coefficient (Wildman–Crippen LogP) is 1.68. The van der Waals surface area contributed by atoms with Crippen LogP contribution in [0.1, 0.15) is 18.4 Å². The molecule has 0 spiro atoms. The van der Waals surface area contributed by atoms with E-state index in [1.807, 2.05) is 37.4 Å². The highest BCUT2D eigenvalue weighted by Gasteiger charge is 2.34. The fourth-order valence-corrected chi connectivity index (χ4v) is 2.61. The van der Waals surface area contributed by atoms with Crippen LogP contribution in [-0.4, -0.2) is 38.4 Å². The van der Waals surface area contributed by atoms with Gasteiger partial charge in [0.05, 0.1) is 6.10 Å². The number of likely N-dealkylation sites (N-methyl/N-ethyl adjacent to an activating group) is 1. The number of methoxy groups -OCH3 is 1. The van der Waals surface area contributed by atoms with Gasteiger partial charge < -0.3 is 20.1 Å². The molecular formula is C15H22N2O3. The Labute approximate surface area is 119 Å². The summed E-state index contributed by atoms with van der Waals surface area (Å²) in [6.07, 6.45) is 1.43. The maximum atomic E-state index is 11.8. The summed E-state index contributed by atoms with van der Waals surface area (Å²) < 4.78 is 10.6. The monoisotopic (exact) mass is 278 g/mol. The number of rotatable bonds is 5. The Bertz CT molecular complexity index is 412. The molecule has 1 fully saturated rings. The summed E-state index contributed by atoms with van der Waals surface area (Å²) in [4.78, 5) is 11.8. The van der Waals surface area contributed by atoms with Crippen molar-refractivity contribution in [2.75, 3.05) is 14.2 Å². The van der Waals surface area contributed by atoms with Crippen molar-refractivity contribution in [3.8, 4) is 0 Å². The van der Waals surface area contributed by atoms with Gasteiger partial charge in [-0.15, -0.1) is 0 Å². The molecule has 0 aromatic heterocycles. The Balaban J connectivity index is 1.75. The normalized spacial score (nSPS) is 25.4. The largest absolute Gasteiger partial charge is 0.445 e. The molecule has 1 amide bonds. The van der Waals surface area contributed by atoms with E-state index in [9.17, 15) is 4.79 Å². The molecule has 3 atom stereocenters. The van der Waals surface area contributed by atoms with E-state index in [1.165, 1.54) is 0 Å². The average molecular weight is 278 g/mol. The van der Waals surface area contributed by atoms with Gasteiger partial charge in [-0.25, -0.2) is 4.79 Å². The molecule has 1 aliphatic rings. The van der Waals surface area contributed by atoms with Crippen molar-refractivity contribution < 1.29 is 14.3 Å². The van der Waals surface area contributed by atoms with E-state index in [0.717, 1.165) is 18.4 Å². The molecule has 0 heterocycles. The minimum absolute atomic E-state index is 0.0978. The Morgan fingerprint density at radius 3 is 2.65 bits per heavy atom. The first-order valence-electron chi connectivity index (χ1n) is 6.90. The van der Waals surface area contributed by atoms with E-state index < -0.39 is 0 Å². The zero-order chi connectivity index (χ0) is 14.4. The van der Waals surface area contributed by atoms with E-state index in [-0.39, 0.29) is 24.3 Å². The summed E-state index contributed by atoms with van der Waals surface area (Å²) in [5.74, 6) is 0. The predicted molar refractivity (Wildman–Crippen MR) is 76.4 cm³/mol. The van der Waals surface area contributed by atoms with Gasteiger partial charge in [-0.2, -0.15) is 0 Å². The standard InChI is InChI=1S/C15H22N2O3/c1-16-13-8-12(9-14(13)19-2)17-15(18)20-10-11-6-4-3-5-7-11/h3-7,12-14,16H,8-10H2,1-2H3,(H,17,18)/t12-,13+,14-/m1/s1. The summed E-state index contributed by atoms with van der Waals surface area (Å²) in [5.41, 5.74) is 0.983. The molecule has 2 N–H and O–H groups in total.